The van der Waals surface area contributed by atoms with E-state index in [1.807, 2.05) is 97.1 Å². The summed E-state index contributed by atoms with van der Waals surface area (Å²) in [5.41, 5.74) is 4.57. The fourth-order valence-electron chi connectivity index (χ4n) is 2.60. The molecule has 4 aromatic rings. The van der Waals surface area contributed by atoms with Gasteiger partial charge in [-0.05, 0) is 0 Å². The fraction of sp³-hybridized carbons (Fsp3) is 0.0769. The Labute approximate surface area is 223 Å². The zero-order valence-corrected chi connectivity index (χ0v) is 21.7. The second kappa shape index (κ2) is 16.1. The normalized spacial score (nSPS) is 9.07. The SMILES string of the molecule is Br.[Nd].c1ccc(C[N-]c2ccccc2)cc1.c1ccc(C[N-]c2ccccc2)cc1. The maximum absolute atomic E-state index is 4.48. The van der Waals surface area contributed by atoms with Gasteiger partial charge in [0.1, 0.15) is 0 Å². The maximum atomic E-state index is 4.48. The molecule has 0 heterocycles. The van der Waals surface area contributed by atoms with Crippen LogP contribution in [-0.4, -0.2) is 0 Å². The molecule has 4 aromatic carbocycles. The van der Waals surface area contributed by atoms with Gasteiger partial charge in [-0.3, -0.25) is 0 Å². The van der Waals surface area contributed by atoms with Gasteiger partial charge in [0.2, 0.25) is 0 Å². The maximum Gasteiger partial charge on any atom is 0 e. The van der Waals surface area contributed by atoms with Gasteiger partial charge in [0, 0.05) is 40.8 Å². The van der Waals surface area contributed by atoms with Crippen LogP contribution < -0.4 is 0 Å². The molecule has 152 valence electrons. The number of halogens is 1. The average molecular weight is 590 g/mol. The van der Waals surface area contributed by atoms with E-state index in [-0.39, 0.29) is 57.8 Å². The average Bonchev–Trinajstić information content (AvgIpc) is 2.80. The van der Waals surface area contributed by atoms with E-state index in [9.17, 15) is 0 Å². The molecule has 0 aliphatic carbocycles. The van der Waals surface area contributed by atoms with Crippen molar-refractivity contribution < 1.29 is 40.8 Å². The standard InChI is InChI=1S/2C13H12N.BrH.Nd/c2*1-3-7-12(8-4-1)11-14-13-9-5-2-6-10-13;;/h2*1-10H,11H2;1H;/q2*-1;;. The van der Waals surface area contributed by atoms with Crippen LogP contribution in [0.15, 0.2) is 121 Å². The Hall–Kier alpha value is -1.69. The third-order valence-corrected chi connectivity index (χ3v) is 4.09. The zero-order valence-electron chi connectivity index (χ0n) is 16.8. The quantitative estimate of drug-likeness (QED) is 0.216. The molecule has 0 amide bonds. The van der Waals surface area contributed by atoms with Gasteiger partial charge in [0.05, 0.1) is 0 Å². The minimum Gasteiger partial charge on any atom is -0.681 e. The van der Waals surface area contributed by atoms with Crippen molar-refractivity contribution in [2.45, 2.75) is 13.1 Å². The number of benzene rings is 4. The Kier molecular flexibility index (Phi) is 14.1. The summed E-state index contributed by atoms with van der Waals surface area (Å²) in [7, 11) is 0. The van der Waals surface area contributed by atoms with Crippen LogP contribution in [0.3, 0.4) is 0 Å². The third-order valence-electron chi connectivity index (χ3n) is 4.09. The van der Waals surface area contributed by atoms with Crippen molar-refractivity contribution in [3.8, 4) is 0 Å². The van der Waals surface area contributed by atoms with Crippen LogP contribution in [0.25, 0.3) is 10.6 Å². The monoisotopic (exact) mass is 586 g/mol. The first-order valence-electron chi connectivity index (χ1n) is 9.43. The predicted molar refractivity (Wildman–Crippen MR) is 130 cm³/mol. The van der Waals surface area contributed by atoms with E-state index in [2.05, 4.69) is 34.9 Å². The van der Waals surface area contributed by atoms with E-state index >= 15 is 0 Å². The predicted octanol–water partition coefficient (Wildman–Crippen LogP) is 8.36. The number of hydrogen-bond donors (Lipinski definition) is 0. The number of para-hydroxylation sites is 2. The fourth-order valence-corrected chi connectivity index (χ4v) is 2.60. The molecule has 0 saturated heterocycles. The largest absolute Gasteiger partial charge is 0.681 e. The molecule has 0 unspecified atom stereocenters. The Morgan fingerprint density at radius 2 is 0.667 bits per heavy atom. The van der Waals surface area contributed by atoms with Crippen LogP contribution in [0.4, 0.5) is 11.4 Å². The van der Waals surface area contributed by atoms with Crippen LogP contribution in [0.1, 0.15) is 11.1 Å². The molecule has 30 heavy (non-hydrogen) atoms. The van der Waals surface area contributed by atoms with Crippen molar-refractivity contribution in [2.75, 3.05) is 0 Å². The van der Waals surface area contributed by atoms with E-state index in [0.717, 1.165) is 24.5 Å². The Morgan fingerprint density at radius 1 is 0.400 bits per heavy atom. The molecular weight excluding hydrogens is 564 g/mol. The molecule has 4 heteroatoms. The summed E-state index contributed by atoms with van der Waals surface area (Å²) in [4.78, 5) is 0. The molecule has 0 atom stereocenters. The molecule has 0 saturated carbocycles. The van der Waals surface area contributed by atoms with Crippen molar-refractivity contribution in [1.82, 2.24) is 0 Å². The summed E-state index contributed by atoms with van der Waals surface area (Å²) in [5, 5.41) is 8.95. The Bertz CT molecular complexity index is 747. The molecule has 0 N–H and O–H groups in total. The van der Waals surface area contributed by atoms with E-state index in [1.165, 1.54) is 11.1 Å². The molecule has 0 aromatic heterocycles. The second-order valence-corrected chi connectivity index (χ2v) is 6.27. The molecule has 2 nitrogen and oxygen atoms in total. The van der Waals surface area contributed by atoms with E-state index in [0.29, 0.717) is 0 Å². The van der Waals surface area contributed by atoms with Gasteiger partial charge in [-0.15, -0.1) is 41.4 Å². The van der Waals surface area contributed by atoms with Gasteiger partial charge in [0.25, 0.3) is 0 Å². The Morgan fingerprint density at radius 3 is 0.967 bits per heavy atom. The summed E-state index contributed by atoms with van der Waals surface area (Å²) < 4.78 is 0. The summed E-state index contributed by atoms with van der Waals surface area (Å²) >= 11 is 0. The number of nitrogens with zero attached hydrogens (tertiary/aromatic N) is 2. The minimum absolute atomic E-state index is 0. The van der Waals surface area contributed by atoms with Gasteiger partial charge in [-0.1, -0.05) is 132 Å². The van der Waals surface area contributed by atoms with E-state index < -0.39 is 0 Å². The van der Waals surface area contributed by atoms with Crippen molar-refractivity contribution in [3.05, 3.63) is 143 Å². The van der Waals surface area contributed by atoms with Crippen molar-refractivity contribution in [1.29, 1.82) is 0 Å². The molecule has 0 bridgehead atoms. The van der Waals surface area contributed by atoms with Crippen molar-refractivity contribution in [2.24, 2.45) is 0 Å². The second-order valence-electron chi connectivity index (χ2n) is 6.27. The van der Waals surface area contributed by atoms with Crippen LogP contribution in [0.5, 0.6) is 0 Å². The van der Waals surface area contributed by atoms with Gasteiger partial charge in [0.15, 0.2) is 0 Å². The van der Waals surface area contributed by atoms with Crippen LogP contribution in [0, 0.1) is 40.8 Å². The smallest absolute Gasteiger partial charge is 0 e. The minimum atomic E-state index is 0. The first kappa shape index (κ1) is 26.3. The number of rotatable bonds is 6. The van der Waals surface area contributed by atoms with Gasteiger partial charge in [-0.2, -0.15) is 0 Å². The van der Waals surface area contributed by atoms with Crippen molar-refractivity contribution in [3.63, 3.8) is 0 Å². The summed E-state index contributed by atoms with van der Waals surface area (Å²) in [6.07, 6.45) is 0. The van der Waals surface area contributed by atoms with E-state index in [1.54, 1.807) is 0 Å². The molecule has 0 aliphatic rings. The van der Waals surface area contributed by atoms with Gasteiger partial charge < -0.3 is 10.6 Å². The topological polar surface area (TPSA) is 28.2 Å². The number of hydrogen-bond acceptors (Lipinski definition) is 0. The summed E-state index contributed by atoms with van der Waals surface area (Å²) in [6.45, 7) is 1.51. The zero-order chi connectivity index (χ0) is 19.3. The van der Waals surface area contributed by atoms with Crippen LogP contribution in [0.2, 0.25) is 0 Å². The van der Waals surface area contributed by atoms with E-state index in [4.69, 9.17) is 0 Å². The Balaban J connectivity index is 0.000000281. The van der Waals surface area contributed by atoms with Crippen LogP contribution >= 0.6 is 17.0 Å². The molecule has 0 spiro atoms. The molecule has 0 aliphatic heterocycles. The first-order chi connectivity index (χ1) is 13.9. The molecule has 0 radical (unpaired) electrons. The molecule has 0 fully saturated rings. The molecular formula is C26H25BrN2Nd-2. The first-order valence-corrected chi connectivity index (χ1v) is 9.43. The third kappa shape index (κ3) is 10.4. The van der Waals surface area contributed by atoms with Gasteiger partial charge >= 0.3 is 0 Å². The molecule has 4 rings (SSSR count). The van der Waals surface area contributed by atoms with Gasteiger partial charge in [-0.25, -0.2) is 0 Å². The summed E-state index contributed by atoms with van der Waals surface area (Å²) in [6, 6.07) is 40.6. The van der Waals surface area contributed by atoms with Crippen LogP contribution in [-0.2, 0) is 13.1 Å². The summed E-state index contributed by atoms with van der Waals surface area (Å²) in [5.74, 6) is 0. The van der Waals surface area contributed by atoms with Crippen molar-refractivity contribution >= 4 is 28.4 Å².